The molecule has 4 heteroatoms. The molecule has 100 valence electrons. The Hall–Kier alpha value is -0.870. The molecule has 0 radical (unpaired) electrons. The number of benzene rings is 1. The zero-order valence-corrected chi connectivity index (χ0v) is 12.5. The van der Waals surface area contributed by atoms with Gasteiger partial charge in [-0.3, -0.25) is 4.79 Å². The van der Waals surface area contributed by atoms with Crippen LogP contribution in [0.1, 0.15) is 26.7 Å². The Kier molecular flexibility index (Phi) is 6.36. The number of anilines is 1. The molecule has 0 saturated heterocycles. The van der Waals surface area contributed by atoms with Crippen molar-refractivity contribution >= 4 is 27.5 Å². The minimum atomic E-state index is 0.0317. The molecule has 0 spiro atoms. The van der Waals surface area contributed by atoms with E-state index in [-0.39, 0.29) is 11.8 Å². The van der Waals surface area contributed by atoms with Gasteiger partial charge in [-0.15, -0.1) is 0 Å². The first-order valence-corrected chi connectivity index (χ1v) is 7.06. The number of carbonyl (C=O) groups is 1. The van der Waals surface area contributed by atoms with Crippen LogP contribution in [0.2, 0.25) is 0 Å². The van der Waals surface area contributed by atoms with Gasteiger partial charge < -0.3 is 11.1 Å². The normalized spacial score (nSPS) is 12.5. The molecule has 1 rings (SSSR count). The highest BCUT2D eigenvalue weighted by Crippen LogP contribution is 2.18. The van der Waals surface area contributed by atoms with Gasteiger partial charge in [0.05, 0.1) is 0 Å². The fourth-order valence-corrected chi connectivity index (χ4v) is 2.37. The third-order valence-corrected chi connectivity index (χ3v) is 3.21. The Balaban J connectivity index is 2.50. The van der Waals surface area contributed by atoms with E-state index in [1.165, 1.54) is 0 Å². The molecule has 1 aromatic rings. The van der Waals surface area contributed by atoms with Crippen molar-refractivity contribution in [3.05, 3.63) is 28.7 Å². The summed E-state index contributed by atoms with van der Waals surface area (Å²) in [6.45, 7) is 4.85. The second kappa shape index (κ2) is 7.54. The van der Waals surface area contributed by atoms with E-state index >= 15 is 0 Å². The lowest BCUT2D eigenvalue weighted by atomic mass is 9.94. The summed E-state index contributed by atoms with van der Waals surface area (Å²) >= 11 is 3.38. The van der Waals surface area contributed by atoms with Crippen LogP contribution in [0.5, 0.6) is 0 Å². The van der Waals surface area contributed by atoms with Crippen LogP contribution in [0.25, 0.3) is 0 Å². The molecule has 0 aliphatic heterocycles. The van der Waals surface area contributed by atoms with E-state index in [2.05, 4.69) is 35.1 Å². The largest absolute Gasteiger partial charge is 0.330 e. The Labute approximate surface area is 117 Å². The maximum absolute atomic E-state index is 11.9. The van der Waals surface area contributed by atoms with Crippen molar-refractivity contribution in [2.24, 2.45) is 17.6 Å². The maximum Gasteiger partial charge on any atom is 0.224 e. The zero-order chi connectivity index (χ0) is 13.5. The van der Waals surface area contributed by atoms with Crippen LogP contribution in [0.15, 0.2) is 28.7 Å². The molecule has 3 nitrogen and oxygen atoms in total. The summed E-state index contributed by atoms with van der Waals surface area (Å²) < 4.78 is 0.956. The number of amides is 1. The average Bonchev–Trinajstić information content (AvgIpc) is 2.27. The summed E-state index contributed by atoms with van der Waals surface area (Å²) in [7, 11) is 0. The van der Waals surface area contributed by atoms with Crippen molar-refractivity contribution in [1.29, 1.82) is 0 Å². The number of nitrogens with two attached hydrogens (primary N) is 1. The molecule has 0 unspecified atom stereocenters. The number of halogens is 1. The third kappa shape index (κ3) is 5.65. The van der Waals surface area contributed by atoms with Gasteiger partial charge in [0.1, 0.15) is 0 Å². The second-order valence-electron chi connectivity index (χ2n) is 4.99. The molecule has 0 aliphatic rings. The van der Waals surface area contributed by atoms with Gasteiger partial charge in [-0.2, -0.15) is 0 Å². The summed E-state index contributed by atoms with van der Waals surface area (Å²) in [6.07, 6.45) is 1.48. The third-order valence-electron chi connectivity index (χ3n) is 2.72. The highest BCUT2D eigenvalue weighted by molar-refractivity contribution is 9.10. The Morgan fingerprint density at radius 2 is 2.17 bits per heavy atom. The zero-order valence-electron chi connectivity index (χ0n) is 10.9. The summed E-state index contributed by atoms with van der Waals surface area (Å²) in [6, 6.07) is 7.59. The van der Waals surface area contributed by atoms with Crippen LogP contribution in [-0.2, 0) is 4.79 Å². The lowest BCUT2D eigenvalue weighted by molar-refractivity contribution is -0.117. The molecular formula is C14H21BrN2O. The Bertz CT molecular complexity index is 393. The number of rotatable bonds is 6. The molecule has 18 heavy (non-hydrogen) atoms. The number of hydrogen-bond acceptors (Lipinski definition) is 2. The average molecular weight is 313 g/mol. The van der Waals surface area contributed by atoms with Gasteiger partial charge in [-0.05, 0) is 43.0 Å². The van der Waals surface area contributed by atoms with Crippen molar-refractivity contribution < 1.29 is 4.79 Å². The van der Waals surface area contributed by atoms with E-state index in [0.717, 1.165) is 16.6 Å². The SMILES string of the molecule is CC(C)C[C@H](CN)CC(=O)Nc1cccc(Br)c1. The highest BCUT2D eigenvalue weighted by atomic mass is 79.9. The van der Waals surface area contributed by atoms with Crippen molar-refractivity contribution in [3.8, 4) is 0 Å². The lowest BCUT2D eigenvalue weighted by Gasteiger charge is -2.16. The van der Waals surface area contributed by atoms with Gasteiger partial charge in [0.2, 0.25) is 5.91 Å². The molecule has 1 atom stereocenters. The Morgan fingerprint density at radius 3 is 2.72 bits per heavy atom. The van der Waals surface area contributed by atoms with Crippen LogP contribution in [0, 0.1) is 11.8 Å². The predicted octanol–water partition coefficient (Wildman–Crippen LogP) is 3.40. The topological polar surface area (TPSA) is 55.1 Å². The van der Waals surface area contributed by atoms with E-state index in [0.29, 0.717) is 18.9 Å². The van der Waals surface area contributed by atoms with Gasteiger partial charge in [0.25, 0.3) is 0 Å². The summed E-state index contributed by atoms with van der Waals surface area (Å²) in [5.41, 5.74) is 6.51. The number of carbonyl (C=O) groups excluding carboxylic acids is 1. The van der Waals surface area contributed by atoms with Gasteiger partial charge >= 0.3 is 0 Å². The molecule has 0 aliphatic carbocycles. The van der Waals surface area contributed by atoms with Gasteiger partial charge in [-0.1, -0.05) is 35.8 Å². The van der Waals surface area contributed by atoms with Crippen LogP contribution in [0.4, 0.5) is 5.69 Å². The predicted molar refractivity (Wildman–Crippen MR) is 79.4 cm³/mol. The van der Waals surface area contributed by atoms with E-state index in [9.17, 15) is 4.79 Å². The second-order valence-corrected chi connectivity index (χ2v) is 5.91. The molecule has 0 bridgehead atoms. The molecule has 0 aromatic heterocycles. The number of hydrogen-bond donors (Lipinski definition) is 2. The molecule has 0 fully saturated rings. The van der Waals surface area contributed by atoms with Gasteiger partial charge in [0.15, 0.2) is 0 Å². The lowest BCUT2D eigenvalue weighted by Crippen LogP contribution is -2.23. The minimum Gasteiger partial charge on any atom is -0.330 e. The van der Waals surface area contributed by atoms with Gasteiger partial charge in [-0.25, -0.2) is 0 Å². The molecule has 3 N–H and O–H groups in total. The van der Waals surface area contributed by atoms with E-state index in [1.54, 1.807) is 0 Å². The fraction of sp³-hybridized carbons (Fsp3) is 0.500. The molecule has 1 aromatic carbocycles. The molecule has 0 heterocycles. The Morgan fingerprint density at radius 1 is 1.44 bits per heavy atom. The number of nitrogens with one attached hydrogen (secondary N) is 1. The van der Waals surface area contributed by atoms with E-state index in [1.807, 2.05) is 24.3 Å². The standard InChI is InChI=1S/C14H21BrN2O/c1-10(2)6-11(9-16)7-14(18)17-13-5-3-4-12(15)8-13/h3-5,8,10-11H,6-7,9,16H2,1-2H3,(H,17,18)/t11-/m0/s1. The van der Waals surface area contributed by atoms with Gasteiger partial charge in [0, 0.05) is 16.6 Å². The fourth-order valence-electron chi connectivity index (χ4n) is 1.97. The van der Waals surface area contributed by atoms with Crippen LogP contribution in [0.3, 0.4) is 0 Å². The van der Waals surface area contributed by atoms with Crippen LogP contribution in [-0.4, -0.2) is 12.5 Å². The summed E-state index contributed by atoms with van der Waals surface area (Å²) in [4.78, 5) is 11.9. The summed E-state index contributed by atoms with van der Waals surface area (Å²) in [5.74, 6) is 0.860. The van der Waals surface area contributed by atoms with E-state index < -0.39 is 0 Å². The first-order chi connectivity index (χ1) is 8.51. The minimum absolute atomic E-state index is 0.0317. The van der Waals surface area contributed by atoms with Crippen molar-refractivity contribution in [1.82, 2.24) is 0 Å². The first-order valence-electron chi connectivity index (χ1n) is 6.26. The van der Waals surface area contributed by atoms with E-state index in [4.69, 9.17) is 5.73 Å². The monoisotopic (exact) mass is 312 g/mol. The molecular weight excluding hydrogens is 292 g/mol. The highest BCUT2D eigenvalue weighted by Gasteiger charge is 2.14. The van der Waals surface area contributed by atoms with Crippen LogP contribution >= 0.6 is 15.9 Å². The molecule has 1 amide bonds. The first kappa shape index (κ1) is 15.2. The molecule has 0 saturated carbocycles. The van der Waals surface area contributed by atoms with Crippen molar-refractivity contribution in [2.45, 2.75) is 26.7 Å². The smallest absolute Gasteiger partial charge is 0.224 e. The van der Waals surface area contributed by atoms with Crippen molar-refractivity contribution in [3.63, 3.8) is 0 Å². The van der Waals surface area contributed by atoms with Crippen LogP contribution < -0.4 is 11.1 Å². The maximum atomic E-state index is 11.9. The summed E-state index contributed by atoms with van der Waals surface area (Å²) in [5, 5.41) is 2.90. The van der Waals surface area contributed by atoms with Crippen molar-refractivity contribution in [2.75, 3.05) is 11.9 Å². The quantitative estimate of drug-likeness (QED) is 0.846.